The second-order valence-electron chi connectivity index (χ2n) is 5.45. The van der Waals surface area contributed by atoms with Gasteiger partial charge in [0.2, 0.25) is 0 Å². The molecule has 0 radical (unpaired) electrons. The summed E-state index contributed by atoms with van der Waals surface area (Å²) in [6.45, 7) is 1.70. The van der Waals surface area contributed by atoms with Crippen LogP contribution < -0.4 is 0 Å². The zero-order chi connectivity index (χ0) is 13.2. The fourth-order valence-electron chi connectivity index (χ4n) is 3.11. The van der Waals surface area contributed by atoms with Gasteiger partial charge in [0.1, 0.15) is 11.7 Å². The lowest BCUT2D eigenvalue weighted by Gasteiger charge is -2.40. The monoisotopic (exact) mass is 260 g/mol. The number of aliphatic hydroxyl groups excluding tert-OH is 3. The Bertz CT molecular complexity index is 272. The lowest BCUT2D eigenvalue weighted by Crippen LogP contribution is -2.51. The van der Waals surface area contributed by atoms with E-state index in [1.807, 2.05) is 0 Å². The molecule has 0 aromatic rings. The zero-order valence-electron chi connectivity index (χ0n) is 10.9. The van der Waals surface area contributed by atoms with Gasteiger partial charge in [-0.3, -0.25) is 0 Å². The van der Waals surface area contributed by atoms with Crippen molar-refractivity contribution in [2.45, 2.75) is 69.0 Å². The third kappa shape index (κ3) is 2.56. The molecule has 18 heavy (non-hydrogen) atoms. The van der Waals surface area contributed by atoms with Crippen molar-refractivity contribution in [3.63, 3.8) is 0 Å². The molecule has 0 aliphatic carbocycles. The number of aliphatic hydroxyl groups is 3. The van der Waals surface area contributed by atoms with Gasteiger partial charge in [-0.25, -0.2) is 0 Å². The fraction of sp³-hybridized carbons (Fsp3) is 1.00. The van der Waals surface area contributed by atoms with E-state index in [0.717, 1.165) is 25.7 Å². The molecule has 0 amide bonds. The Kier molecular flexibility index (Phi) is 4.61. The molecule has 2 aliphatic heterocycles. The van der Waals surface area contributed by atoms with Crippen molar-refractivity contribution in [2.75, 3.05) is 13.2 Å². The molecule has 2 heterocycles. The smallest absolute Gasteiger partial charge is 0.120 e. The Morgan fingerprint density at radius 1 is 1.33 bits per heavy atom. The maximum atomic E-state index is 9.67. The highest BCUT2D eigenvalue weighted by Gasteiger charge is 2.53. The van der Waals surface area contributed by atoms with E-state index >= 15 is 0 Å². The summed E-state index contributed by atoms with van der Waals surface area (Å²) in [5, 5.41) is 28.3. The van der Waals surface area contributed by atoms with Crippen LogP contribution in [0, 0.1) is 0 Å². The predicted molar refractivity (Wildman–Crippen MR) is 65.2 cm³/mol. The van der Waals surface area contributed by atoms with E-state index in [-0.39, 0.29) is 25.4 Å². The van der Waals surface area contributed by atoms with Gasteiger partial charge in [-0.2, -0.15) is 0 Å². The molecule has 2 fully saturated rings. The molecule has 0 aromatic heterocycles. The van der Waals surface area contributed by atoms with Crippen LogP contribution in [0.5, 0.6) is 0 Å². The summed E-state index contributed by atoms with van der Waals surface area (Å²) in [7, 11) is 0. The number of fused-ring (bicyclic) bond motifs is 1. The van der Waals surface area contributed by atoms with Crippen molar-refractivity contribution < 1.29 is 24.8 Å². The second kappa shape index (κ2) is 5.84. The van der Waals surface area contributed by atoms with Gasteiger partial charge in [0.05, 0.1) is 31.5 Å². The minimum atomic E-state index is -0.896. The highest BCUT2D eigenvalue weighted by Crippen LogP contribution is 2.42. The molecule has 5 heteroatoms. The van der Waals surface area contributed by atoms with E-state index < -0.39 is 17.8 Å². The summed E-state index contributed by atoms with van der Waals surface area (Å²) in [6.07, 6.45) is 2.95. The summed E-state index contributed by atoms with van der Waals surface area (Å²) in [6, 6.07) is 0. The fourth-order valence-corrected chi connectivity index (χ4v) is 3.11. The molecule has 0 saturated carbocycles. The van der Waals surface area contributed by atoms with Crippen molar-refractivity contribution in [3.8, 4) is 0 Å². The first-order valence-corrected chi connectivity index (χ1v) is 6.88. The van der Waals surface area contributed by atoms with E-state index in [1.54, 1.807) is 0 Å². The van der Waals surface area contributed by atoms with Crippen LogP contribution >= 0.6 is 0 Å². The maximum absolute atomic E-state index is 9.67. The van der Waals surface area contributed by atoms with Crippen LogP contribution in [-0.2, 0) is 9.47 Å². The molecule has 3 N–H and O–H groups in total. The molecule has 2 saturated heterocycles. The summed E-state index contributed by atoms with van der Waals surface area (Å²) >= 11 is 0. The van der Waals surface area contributed by atoms with Crippen LogP contribution in [0.15, 0.2) is 0 Å². The van der Waals surface area contributed by atoms with Crippen molar-refractivity contribution in [1.29, 1.82) is 0 Å². The van der Waals surface area contributed by atoms with Crippen LogP contribution in [-0.4, -0.2) is 58.6 Å². The van der Waals surface area contributed by atoms with E-state index in [2.05, 4.69) is 6.92 Å². The summed E-state index contributed by atoms with van der Waals surface area (Å²) < 4.78 is 11.8. The molecule has 0 aromatic carbocycles. The molecular weight excluding hydrogens is 236 g/mol. The maximum Gasteiger partial charge on any atom is 0.120 e. The number of rotatable bonds is 5. The van der Waals surface area contributed by atoms with Crippen molar-refractivity contribution >= 4 is 0 Å². The first-order valence-electron chi connectivity index (χ1n) is 6.88. The van der Waals surface area contributed by atoms with Gasteiger partial charge in [0.15, 0.2) is 0 Å². The first-order chi connectivity index (χ1) is 8.65. The summed E-state index contributed by atoms with van der Waals surface area (Å²) in [4.78, 5) is 0. The normalized spacial score (nSPS) is 41.7. The van der Waals surface area contributed by atoms with Gasteiger partial charge in [0.25, 0.3) is 0 Å². The Morgan fingerprint density at radius 2 is 2.11 bits per heavy atom. The largest absolute Gasteiger partial charge is 0.394 e. The van der Waals surface area contributed by atoms with E-state index in [0.29, 0.717) is 6.42 Å². The molecule has 5 atom stereocenters. The molecule has 2 unspecified atom stereocenters. The highest BCUT2D eigenvalue weighted by atomic mass is 16.6. The molecule has 5 nitrogen and oxygen atoms in total. The standard InChI is InChI=1S/C13H24O5/c1-2-3-9-4-5-12-13(8-15,18-9)6-11(17-12)10(16)7-14/h9-12,14-16H,2-8H2,1H3/t9?,10-,11-,12+,13?/m1/s1. The Morgan fingerprint density at radius 3 is 2.72 bits per heavy atom. The lowest BCUT2D eigenvalue weighted by atomic mass is 9.86. The second-order valence-corrected chi connectivity index (χ2v) is 5.45. The van der Waals surface area contributed by atoms with Gasteiger partial charge in [-0.1, -0.05) is 13.3 Å². The Balaban J connectivity index is 2.05. The Hall–Kier alpha value is -0.200. The van der Waals surface area contributed by atoms with Crippen molar-refractivity contribution in [2.24, 2.45) is 0 Å². The molecule has 0 bridgehead atoms. The molecule has 2 rings (SSSR count). The Labute approximate surface area is 108 Å². The van der Waals surface area contributed by atoms with E-state index in [4.69, 9.17) is 14.6 Å². The van der Waals surface area contributed by atoms with Gasteiger partial charge in [-0.15, -0.1) is 0 Å². The van der Waals surface area contributed by atoms with E-state index in [1.165, 1.54) is 0 Å². The third-order valence-electron chi connectivity index (χ3n) is 4.12. The van der Waals surface area contributed by atoms with Crippen LogP contribution in [0.4, 0.5) is 0 Å². The topological polar surface area (TPSA) is 79.2 Å². The number of ether oxygens (including phenoxy) is 2. The molecule has 2 aliphatic rings. The minimum Gasteiger partial charge on any atom is -0.394 e. The van der Waals surface area contributed by atoms with Gasteiger partial charge in [-0.05, 0) is 19.3 Å². The summed E-state index contributed by atoms with van der Waals surface area (Å²) in [5.74, 6) is 0. The average molecular weight is 260 g/mol. The van der Waals surface area contributed by atoms with Crippen molar-refractivity contribution in [1.82, 2.24) is 0 Å². The van der Waals surface area contributed by atoms with Gasteiger partial charge in [0, 0.05) is 6.42 Å². The van der Waals surface area contributed by atoms with Crippen LogP contribution in [0.25, 0.3) is 0 Å². The van der Waals surface area contributed by atoms with Crippen molar-refractivity contribution in [3.05, 3.63) is 0 Å². The molecule has 106 valence electrons. The minimum absolute atomic E-state index is 0.0907. The van der Waals surface area contributed by atoms with Crippen LogP contribution in [0.1, 0.15) is 39.0 Å². The lowest BCUT2D eigenvalue weighted by molar-refractivity contribution is -0.185. The van der Waals surface area contributed by atoms with Gasteiger partial charge >= 0.3 is 0 Å². The number of hydrogen-bond acceptors (Lipinski definition) is 5. The summed E-state index contributed by atoms with van der Waals surface area (Å²) in [5.41, 5.74) is -0.682. The highest BCUT2D eigenvalue weighted by molar-refractivity contribution is 5.02. The third-order valence-corrected chi connectivity index (χ3v) is 4.12. The van der Waals surface area contributed by atoms with Crippen LogP contribution in [0.2, 0.25) is 0 Å². The number of hydrogen-bond donors (Lipinski definition) is 3. The average Bonchev–Trinajstić information content (AvgIpc) is 2.77. The quantitative estimate of drug-likeness (QED) is 0.658. The zero-order valence-corrected chi connectivity index (χ0v) is 10.9. The predicted octanol–water partition coefficient (Wildman–Crippen LogP) is 0.207. The molecular formula is C13H24O5. The van der Waals surface area contributed by atoms with Crippen LogP contribution in [0.3, 0.4) is 0 Å². The molecule has 0 spiro atoms. The first kappa shape index (κ1) is 14.2. The van der Waals surface area contributed by atoms with E-state index in [9.17, 15) is 10.2 Å². The SMILES string of the molecule is CCCC1CC[C@@H]2O[C@@H]([C@H](O)CO)CC2(CO)O1. The van der Waals surface area contributed by atoms with Gasteiger partial charge < -0.3 is 24.8 Å².